The first kappa shape index (κ1) is 19.3. The van der Waals surface area contributed by atoms with Crippen LogP contribution >= 0.6 is 0 Å². The number of esters is 2. The van der Waals surface area contributed by atoms with Crippen molar-refractivity contribution >= 4 is 17.6 Å². The topological polar surface area (TPSA) is 74.3 Å². The minimum absolute atomic E-state index is 0.0670. The molecule has 0 fully saturated rings. The number of ether oxygens (including phenoxy) is 4. The maximum atomic E-state index is 12.3. The van der Waals surface area contributed by atoms with Gasteiger partial charge in [-0.25, -0.2) is 9.59 Å². The molecule has 0 spiro atoms. The molecule has 1 aliphatic rings. The van der Waals surface area contributed by atoms with Crippen molar-refractivity contribution in [1.29, 1.82) is 0 Å². The summed E-state index contributed by atoms with van der Waals surface area (Å²) in [5, 5.41) is 0. The van der Waals surface area contributed by atoms with Crippen LogP contribution in [-0.4, -0.2) is 46.5 Å². The molecule has 138 valence electrons. The Labute approximate surface area is 152 Å². The number of carbonyl (C=O) groups excluding carboxylic acids is 2. The standard InChI is InChI=1S/C19H21NO6/c1-23-12-13-26-15-9-7-14(8-10-15)20-11-5-4-6-16(18(21)24-2)17(20)19(22)25-3/h4-11H,12-13H2,1-3H3. The normalized spacial score (nSPS) is 13.4. The summed E-state index contributed by atoms with van der Waals surface area (Å²) in [7, 11) is 4.12. The summed E-state index contributed by atoms with van der Waals surface area (Å²) >= 11 is 0. The van der Waals surface area contributed by atoms with Crippen molar-refractivity contribution in [2.75, 3.05) is 39.4 Å². The molecule has 26 heavy (non-hydrogen) atoms. The Bertz CT molecular complexity index is 733. The summed E-state index contributed by atoms with van der Waals surface area (Å²) in [4.78, 5) is 26.0. The lowest BCUT2D eigenvalue weighted by Gasteiger charge is -2.23. The summed E-state index contributed by atoms with van der Waals surface area (Å²) in [5.74, 6) is -0.614. The van der Waals surface area contributed by atoms with Crippen molar-refractivity contribution in [3.8, 4) is 5.75 Å². The van der Waals surface area contributed by atoms with Gasteiger partial charge in [-0.3, -0.25) is 0 Å². The third-order valence-corrected chi connectivity index (χ3v) is 3.56. The number of hydrogen-bond donors (Lipinski definition) is 0. The SMILES string of the molecule is COCCOc1ccc(N2C=CC=CC(C(=O)OC)=C2C(=O)OC)cc1. The molecule has 0 aliphatic carbocycles. The lowest BCUT2D eigenvalue weighted by atomic mass is 10.1. The highest BCUT2D eigenvalue weighted by Gasteiger charge is 2.27. The van der Waals surface area contributed by atoms with Crippen molar-refractivity contribution in [2.24, 2.45) is 0 Å². The van der Waals surface area contributed by atoms with Gasteiger partial charge in [-0.2, -0.15) is 0 Å². The lowest BCUT2D eigenvalue weighted by Crippen LogP contribution is -2.26. The zero-order chi connectivity index (χ0) is 18.9. The average molecular weight is 359 g/mol. The Balaban J connectivity index is 2.38. The molecule has 7 nitrogen and oxygen atoms in total. The van der Waals surface area contributed by atoms with E-state index in [4.69, 9.17) is 18.9 Å². The zero-order valence-electron chi connectivity index (χ0n) is 14.9. The highest BCUT2D eigenvalue weighted by Crippen LogP contribution is 2.27. The molecule has 1 aliphatic heterocycles. The van der Waals surface area contributed by atoms with Gasteiger partial charge in [-0.1, -0.05) is 6.08 Å². The first-order chi connectivity index (χ1) is 12.6. The van der Waals surface area contributed by atoms with E-state index >= 15 is 0 Å². The Morgan fingerprint density at radius 1 is 0.923 bits per heavy atom. The second kappa shape index (κ2) is 9.43. The minimum atomic E-state index is -0.651. The van der Waals surface area contributed by atoms with E-state index < -0.39 is 11.9 Å². The van der Waals surface area contributed by atoms with E-state index in [1.807, 2.05) is 0 Å². The Morgan fingerprint density at radius 2 is 1.62 bits per heavy atom. The second-order valence-electron chi connectivity index (χ2n) is 5.15. The van der Waals surface area contributed by atoms with E-state index in [0.717, 1.165) is 0 Å². The summed E-state index contributed by atoms with van der Waals surface area (Å²) in [5.41, 5.74) is 0.827. The Morgan fingerprint density at radius 3 is 2.23 bits per heavy atom. The number of nitrogens with zero attached hydrogens (tertiary/aromatic N) is 1. The predicted octanol–water partition coefficient (Wildman–Crippen LogP) is 2.20. The molecular formula is C19H21NO6. The van der Waals surface area contributed by atoms with Crippen molar-refractivity contribution in [1.82, 2.24) is 0 Å². The van der Waals surface area contributed by atoms with E-state index in [1.54, 1.807) is 54.6 Å². The van der Waals surface area contributed by atoms with E-state index in [0.29, 0.717) is 24.7 Å². The molecule has 0 amide bonds. The maximum Gasteiger partial charge on any atom is 0.355 e. The molecular weight excluding hydrogens is 338 g/mol. The van der Waals surface area contributed by atoms with Gasteiger partial charge >= 0.3 is 11.9 Å². The van der Waals surface area contributed by atoms with Crippen molar-refractivity contribution < 1.29 is 28.5 Å². The number of allylic oxidation sites excluding steroid dienone is 2. The predicted molar refractivity (Wildman–Crippen MR) is 95.6 cm³/mol. The van der Waals surface area contributed by atoms with Gasteiger partial charge < -0.3 is 23.8 Å². The fourth-order valence-electron chi connectivity index (χ4n) is 2.31. The van der Waals surface area contributed by atoms with Crippen LogP contribution in [0.4, 0.5) is 5.69 Å². The maximum absolute atomic E-state index is 12.3. The van der Waals surface area contributed by atoms with Crippen molar-refractivity contribution in [2.45, 2.75) is 0 Å². The molecule has 1 aromatic rings. The number of rotatable bonds is 7. The highest BCUT2D eigenvalue weighted by atomic mass is 16.5. The van der Waals surface area contributed by atoms with E-state index in [1.165, 1.54) is 20.3 Å². The molecule has 0 bridgehead atoms. The minimum Gasteiger partial charge on any atom is -0.491 e. The van der Waals surface area contributed by atoms with Crippen LogP contribution in [0.5, 0.6) is 5.75 Å². The number of benzene rings is 1. The van der Waals surface area contributed by atoms with Gasteiger partial charge in [0.1, 0.15) is 18.1 Å². The largest absolute Gasteiger partial charge is 0.491 e. The number of carbonyl (C=O) groups is 2. The van der Waals surface area contributed by atoms with Crippen LogP contribution in [0.2, 0.25) is 0 Å². The first-order valence-corrected chi connectivity index (χ1v) is 7.89. The summed E-state index contributed by atoms with van der Waals surface area (Å²) in [6, 6.07) is 7.08. The van der Waals surface area contributed by atoms with Gasteiger partial charge in [0.2, 0.25) is 0 Å². The first-order valence-electron chi connectivity index (χ1n) is 7.89. The Hall–Kier alpha value is -3.06. The molecule has 0 unspecified atom stereocenters. The molecule has 0 saturated heterocycles. The van der Waals surface area contributed by atoms with Crippen molar-refractivity contribution in [3.63, 3.8) is 0 Å². The zero-order valence-corrected chi connectivity index (χ0v) is 14.9. The average Bonchev–Trinajstić information content (AvgIpc) is 2.90. The smallest absolute Gasteiger partial charge is 0.355 e. The molecule has 0 radical (unpaired) electrons. The fourth-order valence-corrected chi connectivity index (χ4v) is 2.31. The monoisotopic (exact) mass is 359 g/mol. The van der Waals surface area contributed by atoms with E-state index in [2.05, 4.69) is 0 Å². The summed E-state index contributed by atoms with van der Waals surface area (Å²) < 4.78 is 20.1. The molecule has 2 rings (SSSR count). The third-order valence-electron chi connectivity index (χ3n) is 3.56. The Kier molecular flexibility index (Phi) is 6.99. The highest BCUT2D eigenvalue weighted by molar-refractivity contribution is 6.05. The number of hydrogen-bond acceptors (Lipinski definition) is 7. The molecule has 0 aromatic heterocycles. The van der Waals surface area contributed by atoms with Gasteiger partial charge in [0.15, 0.2) is 0 Å². The van der Waals surface area contributed by atoms with Crippen LogP contribution in [0, 0.1) is 0 Å². The lowest BCUT2D eigenvalue weighted by molar-refractivity contribution is -0.139. The summed E-state index contributed by atoms with van der Waals surface area (Å²) in [6.45, 7) is 0.920. The van der Waals surface area contributed by atoms with Crippen LogP contribution in [0.15, 0.2) is 60.0 Å². The third kappa shape index (κ3) is 4.52. The van der Waals surface area contributed by atoms with E-state index in [-0.39, 0.29) is 11.3 Å². The molecule has 1 heterocycles. The van der Waals surface area contributed by atoms with Crippen LogP contribution in [0.3, 0.4) is 0 Å². The van der Waals surface area contributed by atoms with Gasteiger partial charge in [0.05, 0.1) is 26.4 Å². The molecule has 0 saturated carbocycles. The van der Waals surface area contributed by atoms with Crippen LogP contribution in [0.25, 0.3) is 0 Å². The van der Waals surface area contributed by atoms with Gasteiger partial charge in [0, 0.05) is 19.0 Å². The van der Waals surface area contributed by atoms with Crippen LogP contribution < -0.4 is 9.64 Å². The van der Waals surface area contributed by atoms with Crippen LogP contribution in [-0.2, 0) is 23.8 Å². The van der Waals surface area contributed by atoms with Gasteiger partial charge in [-0.15, -0.1) is 0 Å². The van der Waals surface area contributed by atoms with Crippen LogP contribution in [0.1, 0.15) is 0 Å². The molecule has 0 N–H and O–H groups in total. The van der Waals surface area contributed by atoms with Gasteiger partial charge in [0.25, 0.3) is 0 Å². The number of anilines is 1. The second-order valence-corrected chi connectivity index (χ2v) is 5.15. The van der Waals surface area contributed by atoms with E-state index in [9.17, 15) is 9.59 Å². The van der Waals surface area contributed by atoms with Crippen molar-refractivity contribution in [3.05, 3.63) is 60.0 Å². The fraction of sp³-hybridized carbons (Fsp3) is 0.263. The summed E-state index contributed by atoms with van der Waals surface area (Å²) in [6.07, 6.45) is 6.54. The number of methoxy groups -OCH3 is 3. The molecule has 0 atom stereocenters. The van der Waals surface area contributed by atoms with Gasteiger partial charge in [-0.05, 0) is 36.4 Å². The molecule has 1 aromatic carbocycles. The molecule has 7 heteroatoms. The quantitative estimate of drug-likeness (QED) is 0.546.